The minimum absolute atomic E-state index is 0.0779. The zero-order valence-corrected chi connectivity index (χ0v) is 32.2. The molecule has 268 valence electrons. The molecule has 0 unspecified atom stereocenters. The van der Waals surface area contributed by atoms with Crippen molar-refractivity contribution in [2.75, 3.05) is 4.90 Å². The number of anilines is 3. The van der Waals surface area contributed by atoms with Gasteiger partial charge in [-0.1, -0.05) is 155 Å². The molecule has 1 aromatic heterocycles. The Morgan fingerprint density at radius 1 is 0.375 bits per heavy atom. The molecule has 0 saturated carbocycles. The molecule has 9 aromatic rings. The Kier molecular flexibility index (Phi) is 6.98. The highest BCUT2D eigenvalue weighted by Gasteiger charge is 2.36. The molecule has 2 heteroatoms. The molecule has 56 heavy (non-hydrogen) atoms. The van der Waals surface area contributed by atoms with Crippen molar-refractivity contribution in [1.82, 2.24) is 4.57 Å². The molecular weight excluding hydrogens is 677 g/mol. The molecular formula is C54H42N2. The van der Waals surface area contributed by atoms with Crippen LogP contribution in [0.25, 0.3) is 60.9 Å². The second kappa shape index (κ2) is 11.9. The first-order valence-electron chi connectivity index (χ1n) is 19.8. The van der Waals surface area contributed by atoms with Crippen molar-refractivity contribution in [3.8, 4) is 39.1 Å². The largest absolute Gasteiger partial charge is 0.310 e. The molecule has 8 aromatic carbocycles. The highest BCUT2D eigenvalue weighted by molar-refractivity contribution is 6.12. The third-order valence-corrected chi connectivity index (χ3v) is 12.8. The van der Waals surface area contributed by atoms with Gasteiger partial charge in [0.15, 0.2) is 0 Å². The first-order chi connectivity index (χ1) is 27.3. The molecule has 2 nitrogen and oxygen atoms in total. The second-order valence-electron chi connectivity index (χ2n) is 16.6. The Morgan fingerprint density at radius 2 is 0.929 bits per heavy atom. The molecule has 0 bridgehead atoms. The Morgan fingerprint density at radius 3 is 1.68 bits per heavy atom. The lowest BCUT2D eigenvalue weighted by Crippen LogP contribution is -2.26. The van der Waals surface area contributed by atoms with Crippen molar-refractivity contribution in [3.05, 3.63) is 204 Å². The van der Waals surface area contributed by atoms with Crippen LogP contribution < -0.4 is 4.90 Å². The van der Waals surface area contributed by atoms with E-state index < -0.39 is 0 Å². The van der Waals surface area contributed by atoms with Crippen LogP contribution >= 0.6 is 0 Å². The van der Waals surface area contributed by atoms with Gasteiger partial charge in [-0.25, -0.2) is 0 Å². The zero-order valence-electron chi connectivity index (χ0n) is 32.2. The van der Waals surface area contributed by atoms with E-state index in [4.69, 9.17) is 0 Å². The van der Waals surface area contributed by atoms with Crippen molar-refractivity contribution in [2.24, 2.45) is 0 Å². The Bertz CT molecular complexity index is 3000. The smallest absolute Gasteiger partial charge is 0.0582 e. The average molecular weight is 719 g/mol. The van der Waals surface area contributed by atoms with Crippen LogP contribution in [0.3, 0.4) is 0 Å². The van der Waals surface area contributed by atoms with Gasteiger partial charge in [0.05, 0.1) is 16.7 Å². The van der Waals surface area contributed by atoms with Gasteiger partial charge < -0.3 is 9.47 Å². The van der Waals surface area contributed by atoms with Crippen LogP contribution in [-0.2, 0) is 10.8 Å². The maximum Gasteiger partial charge on any atom is 0.0582 e. The van der Waals surface area contributed by atoms with E-state index in [1.165, 1.54) is 83.1 Å². The first kappa shape index (κ1) is 32.8. The number of aromatic nitrogens is 1. The number of benzene rings is 8. The Labute approximate surface area is 328 Å². The predicted octanol–water partition coefficient (Wildman–Crippen LogP) is 14.5. The molecule has 1 aliphatic heterocycles. The summed E-state index contributed by atoms with van der Waals surface area (Å²) in [6, 6.07) is 67.4. The molecule has 2 heterocycles. The molecule has 0 radical (unpaired) electrons. The summed E-state index contributed by atoms with van der Waals surface area (Å²) < 4.78 is 2.49. The minimum atomic E-state index is -0.0888. The number of rotatable bonds is 5. The van der Waals surface area contributed by atoms with E-state index in [0.29, 0.717) is 0 Å². The first-order valence-corrected chi connectivity index (χ1v) is 19.8. The third kappa shape index (κ3) is 4.69. The normalized spacial score (nSPS) is 14.4. The van der Waals surface area contributed by atoms with Gasteiger partial charge in [0.25, 0.3) is 0 Å². The third-order valence-electron chi connectivity index (χ3n) is 12.8. The standard InChI is InChI=1S/C54H42N2/c1-53(2)46-17-9-8-15-42(46)43-31-30-41(34-49(43)53)55(39-26-21-36(22-27-39)35-13-6-5-7-14-35)40-28-23-37(24-29-40)38-25-32-50-45(33-38)44-16-12-19-48-52(44)56(50)51-20-11-10-18-47(51)54(48,3)4/h5-34H,1-4H3. The summed E-state index contributed by atoms with van der Waals surface area (Å²) in [5.74, 6) is 0. The van der Waals surface area contributed by atoms with Gasteiger partial charge in [-0.05, 0) is 110 Å². The van der Waals surface area contributed by atoms with Gasteiger partial charge in [-0.15, -0.1) is 0 Å². The van der Waals surface area contributed by atoms with Gasteiger partial charge in [0, 0.05) is 38.7 Å². The van der Waals surface area contributed by atoms with Gasteiger partial charge in [0.2, 0.25) is 0 Å². The highest BCUT2D eigenvalue weighted by Crippen LogP contribution is 2.51. The summed E-state index contributed by atoms with van der Waals surface area (Å²) >= 11 is 0. The lowest BCUT2D eigenvalue weighted by molar-refractivity contribution is 0.630. The van der Waals surface area contributed by atoms with Crippen LogP contribution in [0.15, 0.2) is 182 Å². The fraction of sp³-hybridized carbons (Fsp3) is 0.111. The van der Waals surface area contributed by atoms with Crippen LogP contribution in [0.5, 0.6) is 0 Å². The van der Waals surface area contributed by atoms with E-state index >= 15 is 0 Å². The maximum absolute atomic E-state index is 2.49. The molecule has 0 amide bonds. The van der Waals surface area contributed by atoms with Crippen molar-refractivity contribution >= 4 is 38.9 Å². The summed E-state index contributed by atoms with van der Waals surface area (Å²) in [6.07, 6.45) is 0. The average Bonchev–Trinajstić information content (AvgIpc) is 3.69. The molecule has 0 spiro atoms. The molecule has 0 atom stereocenters. The summed E-state index contributed by atoms with van der Waals surface area (Å²) in [5, 5.41) is 2.60. The van der Waals surface area contributed by atoms with Gasteiger partial charge in [-0.2, -0.15) is 0 Å². The molecule has 1 aliphatic carbocycles. The second-order valence-corrected chi connectivity index (χ2v) is 16.6. The van der Waals surface area contributed by atoms with Crippen molar-refractivity contribution in [1.29, 1.82) is 0 Å². The van der Waals surface area contributed by atoms with Crippen LogP contribution in [-0.4, -0.2) is 4.57 Å². The van der Waals surface area contributed by atoms with Crippen LogP contribution in [0.4, 0.5) is 17.1 Å². The number of nitrogens with zero attached hydrogens (tertiary/aromatic N) is 2. The summed E-state index contributed by atoms with van der Waals surface area (Å²) in [7, 11) is 0. The predicted molar refractivity (Wildman–Crippen MR) is 236 cm³/mol. The van der Waals surface area contributed by atoms with Crippen LogP contribution in [0.1, 0.15) is 49.9 Å². The van der Waals surface area contributed by atoms with E-state index in [0.717, 1.165) is 17.1 Å². The maximum atomic E-state index is 2.49. The molecule has 0 fully saturated rings. The van der Waals surface area contributed by atoms with E-state index in [2.05, 4.69) is 219 Å². The van der Waals surface area contributed by atoms with Gasteiger partial charge >= 0.3 is 0 Å². The van der Waals surface area contributed by atoms with E-state index in [1.54, 1.807) is 0 Å². The van der Waals surface area contributed by atoms with E-state index in [9.17, 15) is 0 Å². The van der Waals surface area contributed by atoms with Crippen molar-refractivity contribution in [2.45, 2.75) is 38.5 Å². The van der Waals surface area contributed by atoms with Crippen molar-refractivity contribution < 1.29 is 0 Å². The van der Waals surface area contributed by atoms with Gasteiger partial charge in [0.1, 0.15) is 0 Å². The Hall–Kier alpha value is -6.64. The lowest BCUT2D eigenvalue weighted by Gasteiger charge is -2.34. The zero-order chi connectivity index (χ0) is 37.8. The summed E-state index contributed by atoms with van der Waals surface area (Å²) in [5.41, 5.74) is 20.1. The molecule has 0 N–H and O–H groups in total. The quantitative estimate of drug-likeness (QED) is 0.172. The van der Waals surface area contributed by atoms with Crippen LogP contribution in [0, 0.1) is 0 Å². The molecule has 0 saturated heterocycles. The Balaban J connectivity index is 1.02. The van der Waals surface area contributed by atoms with E-state index in [-0.39, 0.29) is 10.8 Å². The topological polar surface area (TPSA) is 8.17 Å². The SMILES string of the molecule is CC1(C)c2ccccc2-c2ccc(N(c3ccc(-c4ccccc4)cc3)c3ccc(-c4ccc5c(c4)c4cccc6c4n5-c4ccccc4C6(C)C)cc3)cc21. The molecule has 2 aliphatic rings. The van der Waals surface area contributed by atoms with E-state index in [1.807, 2.05) is 0 Å². The number of hydrogen-bond donors (Lipinski definition) is 0. The lowest BCUT2D eigenvalue weighted by atomic mass is 9.75. The van der Waals surface area contributed by atoms with Crippen molar-refractivity contribution in [3.63, 3.8) is 0 Å². The molecule has 11 rings (SSSR count). The number of fused-ring (bicyclic) bond motifs is 8. The monoisotopic (exact) mass is 718 g/mol. The minimum Gasteiger partial charge on any atom is -0.310 e. The summed E-state index contributed by atoms with van der Waals surface area (Å²) in [6.45, 7) is 9.43. The fourth-order valence-electron chi connectivity index (χ4n) is 9.86. The van der Waals surface area contributed by atoms with Gasteiger partial charge in [-0.3, -0.25) is 0 Å². The number of para-hydroxylation sites is 2. The fourth-order valence-corrected chi connectivity index (χ4v) is 9.86. The highest BCUT2D eigenvalue weighted by atomic mass is 15.1. The number of hydrogen-bond acceptors (Lipinski definition) is 1. The summed E-state index contributed by atoms with van der Waals surface area (Å²) in [4.78, 5) is 2.41. The van der Waals surface area contributed by atoms with Crippen LogP contribution in [0.2, 0.25) is 0 Å².